The van der Waals surface area contributed by atoms with Crippen LogP contribution in [0.1, 0.15) is 43.2 Å². The molecule has 0 aliphatic carbocycles. The zero-order chi connectivity index (χ0) is 16.8. The molecule has 126 valence electrons. The van der Waals surface area contributed by atoms with Gasteiger partial charge in [0, 0.05) is 19.5 Å². The number of hydrogen-bond donors (Lipinski definition) is 0. The van der Waals surface area contributed by atoms with Crippen LogP contribution in [0.4, 0.5) is 0 Å². The Morgan fingerprint density at radius 2 is 1.58 bits per heavy atom. The van der Waals surface area contributed by atoms with Gasteiger partial charge >= 0.3 is 0 Å². The molecule has 2 aromatic carbocycles. The molecule has 1 aliphatic rings. The van der Waals surface area contributed by atoms with Gasteiger partial charge in [-0.2, -0.15) is 0 Å². The molecule has 1 fully saturated rings. The monoisotopic (exact) mass is 321 g/mol. The number of hydrogen-bond acceptors (Lipinski definition) is 1. The lowest BCUT2D eigenvalue weighted by Gasteiger charge is -2.33. The van der Waals surface area contributed by atoms with Gasteiger partial charge in [-0.15, -0.1) is 0 Å². The molecule has 1 saturated heterocycles. The second kappa shape index (κ2) is 8.14. The van der Waals surface area contributed by atoms with Gasteiger partial charge in [0.2, 0.25) is 5.91 Å². The molecule has 1 aliphatic heterocycles. The Morgan fingerprint density at radius 1 is 1.00 bits per heavy atom. The largest absolute Gasteiger partial charge is 0.343 e. The molecule has 0 aromatic heterocycles. The topological polar surface area (TPSA) is 20.3 Å². The number of rotatable bonds is 5. The normalized spacial score (nSPS) is 16.8. The fraction of sp³-hybridized carbons (Fsp3) is 0.409. The van der Waals surface area contributed by atoms with E-state index in [0.717, 1.165) is 32.4 Å². The first-order valence-electron chi connectivity index (χ1n) is 9.09. The minimum absolute atomic E-state index is 0.292. The van der Waals surface area contributed by atoms with Crippen molar-refractivity contribution >= 4 is 5.91 Å². The molecule has 0 unspecified atom stereocenters. The molecular formula is C22H27NO. The van der Waals surface area contributed by atoms with E-state index in [1.54, 1.807) is 0 Å². The van der Waals surface area contributed by atoms with E-state index in [2.05, 4.69) is 54.3 Å². The Kier molecular flexibility index (Phi) is 5.68. The summed E-state index contributed by atoms with van der Waals surface area (Å²) in [5.74, 6) is 1.31. The van der Waals surface area contributed by atoms with Crippen LogP contribution in [0, 0.1) is 5.92 Å². The van der Waals surface area contributed by atoms with Crippen molar-refractivity contribution in [1.29, 1.82) is 0 Å². The van der Waals surface area contributed by atoms with Gasteiger partial charge in [0.25, 0.3) is 0 Å². The van der Waals surface area contributed by atoms with Gasteiger partial charge in [0.05, 0.1) is 0 Å². The molecule has 1 amide bonds. The average molecular weight is 321 g/mol. The Hall–Kier alpha value is -2.09. The second-order valence-corrected chi connectivity index (χ2v) is 7.03. The van der Waals surface area contributed by atoms with Gasteiger partial charge in [-0.1, -0.05) is 67.6 Å². The number of carbonyl (C=O) groups is 1. The van der Waals surface area contributed by atoms with Crippen LogP contribution < -0.4 is 0 Å². The Morgan fingerprint density at radius 3 is 2.21 bits per heavy atom. The third-order valence-electron chi connectivity index (χ3n) is 5.18. The lowest BCUT2D eigenvalue weighted by Crippen LogP contribution is -2.39. The summed E-state index contributed by atoms with van der Waals surface area (Å²) in [7, 11) is 0. The van der Waals surface area contributed by atoms with E-state index in [4.69, 9.17) is 0 Å². The third kappa shape index (κ3) is 4.47. The Balaban J connectivity index is 1.47. The summed E-state index contributed by atoms with van der Waals surface area (Å²) in [6, 6.07) is 21.1. The third-order valence-corrected chi connectivity index (χ3v) is 5.18. The van der Waals surface area contributed by atoms with E-state index < -0.39 is 0 Å². The van der Waals surface area contributed by atoms with Crippen molar-refractivity contribution in [3.05, 3.63) is 71.8 Å². The van der Waals surface area contributed by atoms with Crippen LogP contribution in [-0.2, 0) is 11.2 Å². The molecule has 1 heterocycles. The molecule has 1 atom stereocenters. The summed E-state index contributed by atoms with van der Waals surface area (Å²) >= 11 is 0. The SMILES string of the molecule is C[C@H](CC(=O)N1CCC(Cc2ccccc2)CC1)c1ccccc1. The van der Waals surface area contributed by atoms with E-state index in [-0.39, 0.29) is 0 Å². The number of carbonyl (C=O) groups excluding carboxylic acids is 1. The van der Waals surface area contributed by atoms with E-state index in [1.165, 1.54) is 11.1 Å². The minimum atomic E-state index is 0.292. The number of piperidine rings is 1. The summed E-state index contributed by atoms with van der Waals surface area (Å²) in [6.07, 6.45) is 4.01. The van der Waals surface area contributed by atoms with Crippen molar-refractivity contribution in [3.8, 4) is 0 Å². The maximum absolute atomic E-state index is 12.6. The summed E-state index contributed by atoms with van der Waals surface area (Å²) in [5, 5.41) is 0. The number of benzene rings is 2. The van der Waals surface area contributed by atoms with E-state index in [9.17, 15) is 4.79 Å². The van der Waals surface area contributed by atoms with Gasteiger partial charge < -0.3 is 4.90 Å². The summed E-state index contributed by atoms with van der Waals surface area (Å²) in [6.45, 7) is 3.98. The molecule has 0 saturated carbocycles. The van der Waals surface area contributed by atoms with E-state index in [0.29, 0.717) is 24.2 Å². The van der Waals surface area contributed by atoms with Gasteiger partial charge in [0.1, 0.15) is 0 Å². The molecule has 0 bridgehead atoms. The fourth-order valence-electron chi connectivity index (χ4n) is 3.62. The van der Waals surface area contributed by atoms with Crippen LogP contribution >= 0.6 is 0 Å². The van der Waals surface area contributed by atoms with Crippen molar-refractivity contribution in [2.24, 2.45) is 5.92 Å². The smallest absolute Gasteiger partial charge is 0.223 e. The standard InChI is InChI=1S/C22H27NO/c1-18(21-10-6-3-7-11-21)16-22(24)23-14-12-20(13-15-23)17-19-8-4-2-5-9-19/h2-11,18,20H,12-17H2,1H3/t18-/m1/s1. The van der Waals surface area contributed by atoms with E-state index in [1.807, 2.05) is 18.2 Å². The highest BCUT2D eigenvalue weighted by Gasteiger charge is 2.24. The predicted octanol–water partition coefficient (Wildman–Crippen LogP) is 4.66. The van der Waals surface area contributed by atoms with Crippen molar-refractivity contribution in [2.45, 2.75) is 38.5 Å². The average Bonchev–Trinajstić information content (AvgIpc) is 2.64. The first-order valence-corrected chi connectivity index (χ1v) is 9.09. The van der Waals surface area contributed by atoms with Crippen LogP contribution in [-0.4, -0.2) is 23.9 Å². The van der Waals surface area contributed by atoms with Crippen LogP contribution in [0.5, 0.6) is 0 Å². The highest BCUT2D eigenvalue weighted by Crippen LogP contribution is 2.24. The fourth-order valence-corrected chi connectivity index (χ4v) is 3.62. The maximum atomic E-state index is 12.6. The van der Waals surface area contributed by atoms with Crippen LogP contribution in [0.15, 0.2) is 60.7 Å². The zero-order valence-corrected chi connectivity index (χ0v) is 14.5. The van der Waals surface area contributed by atoms with E-state index >= 15 is 0 Å². The highest BCUT2D eigenvalue weighted by atomic mass is 16.2. The molecule has 2 aromatic rings. The molecular weight excluding hydrogens is 294 g/mol. The number of likely N-dealkylation sites (tertiary alicyclic amines) is 1. The highest BCUT2D eigenvalue weighted by molar-refractivity contribution is 5.77. The number of amides is 1. The molecule has 24 heavy (non-hydrogen) atoms. The second-order valence-electron chi connectivity index (χ2n) is 7.03. The van der Waals surface area contributed by atoms with Crippen LogP contribution in [0.2, 0.25) is 0 Å². The molecule has 2 nitrogen and oxygen atoms in total. The Bertz CT molecular complexity index is 630. The maximum Gasteiger partial charge on any atom is 0.223 e. The van der Waals surface area contributed by atoms with Gasteiger partial charge in [0.15, 0.2) is 0 Å². The number of nitrogens with zero attached hydrogens (tertiary/aromatic N) is 1. The molecule has 0 spiro atoms. The van der Waals surface area contributed by atoms with Crippen LogP contribution in [0.3, 0.4) is 0 Å². The molecule has 0 radical (unpaired) electrons. The zero-order valence-electron chi connectivity index (χ0n) is 14.5. The quantitative estimate of drug-likeness (QED) is 0.784. The molecule has 3 rings (SSSR count). The molecule has 0 N–H and O–H groups in total. The van der Waals surface area contributed by atoms with Gasteiger partial charge in [-0.25, -0.2) is 0 Å². The van der Waals surface area contributed by atoms with Crippen molar-refractivity contribution in [2.75, 3.05) is 13.1 Å². The summed E-state index contributed by atoms with van der Waals surface area (Å²) < 4.78 is 0. The minimum Gasteiger partial charge on any atom is -0.343 e. The van der Waals surface area contributed by atoms with Gasteiger partial charge in [-0.3, -0.25) is 4.79 Å². The predicted molar refractivity (Wildman–Crippen MR) is 98.9 cm³/mol. The lowest BCUT2D eigenvalue weighted by atomic mass is 9.89. The Labute approximate surface area is 145 Å². The first-order chi connectivity index (χ1) is 11.7. The van der Waals surface area contributed by atoms with Crippen molar-refractivity contribution in [1.82, 2.24) is 4.90 Å². The van der Waals surface area contributed by atoms with Crippen molar-refractivity contribution < 1.29 is 4.79 Å². The summed E-state index contributed by atoms with van der Waals surface area (Å²) in [5.41, 5.74) is 2.67. The molecule has 2 heteroatoms. The van der Waals surface area contributed by atoms with Crippen LogP contribution in [0.25, 0.3) is 0 Å². The van der Waals surface area contributed by atoms with Crippen molar-refractivity contribution in [3.63, 3.8) is 0 Å². The lowest BCUT2D eigenvalue weighted by molar-refractivity contribution is -0.132. The first kappa shape index (κ1) is 16.8. The summed E-state index contributed by atoms with van der Waals surface area (Å²) in [4.78, 5) is 14.6. The van der Waals surface area contributed by atoms with Gasteiger partial charge in [-0.05, 0) is 42.2 Å².